The first-order valence-corrected chi connectivity index (χ1v) is 7.36. The minimum Gasteiger partial charge on any atom is -0.466 e. The van der Waals surface area contributed by atoms with E-state index in [2.05, 4.69) is 21.2 Å². The first kappa shape index (κ1) is 16.1. The standard InChI is InChI=1S/C15H15BrF3NO/c1-2-8-20-13(14-12(16)7-9-21-14)10-3-5-11(6-4-10)15(17,18)19/h3-7,9,13,20H,2,8H2,1H3. The fourth-order valence-electron chi connectivity index (χ4n) is 2.03. The Morgan fingerprint density at radius 2 is 1.86 bits per heavy atom. The van der Waals surface area contributed by atoms with E-state index in [9.17, 15) is 13.2 Å². The summed E-state index contributed by atoms with van der Waals surface area (Å²) in [6.07, 6.45) is -1.87. The Hall–Kier alpha value is -1.27. The zero-order chi connectivity index (χ0) is 15.5. The van der Waals surface area contributed by atoms with Crippen LogP contribution >= 0.6 is 15.9 Å². The molecular formula is C15H15BrF3NO. The van der Waals surface area contributed by atoms with Crippen LogP contribution in [0.15, 0.2) is 45.5 Å². The van der Waals surface area contributed by atoms with Gasteiger partial charge >= 0.3 is 6.18 Å². The molecule has 0 aliphatic carbocycles. The first-order valence-electron chi connectivity index (χ1n) is 6.57. The van der Waals surface area contributed by atoms with Crippen LogP contribution in [0.1, 0.15) is 36.3 Å². The Balaban J connectivity index is 2.31. The van der Waals surface area contributed by atoms with Crippen molar-refractivity contribution in [2.24, 2.45) is 0 Å². The number of alkyl halides is 3. The molecular weight excluding hydrogens is 347 g/mol. The molecule has 6 heteroatoms. The summed E-state index contributed by atoms with van der Waals surface area (Å²) in [6.45, 7) is 2.76. The molecule has 0 aliphatic rings. The maximum absolute atomic E-state index is 12.6. The van der Waals surface area contributed by atoms with Crippen LogP contribution in [0, 0.1) is 0 Å². The van der Waals surface area contributed by atoms with Gasteiger partial charge in [0.15, 0.2) is 0 Å². The Morgan fingerprint density at radius 1 is 1.19 bits per heavy atom. The molecule has 2 nitrogen and oxygen atoms in total. The van der Waals surface area contributed by atoms with Crippen LogP contribution < -0.4 is 5.32 Å². The van der Waals surface area contributed by atoms with Crippen molar-refractivity contribution in [3.8, 4) is 0 Å². The molecule has 1 N–H and O–H groups in total. The van der Waals surface area contributed by atoms with Crippen LogP contribution in [0.2, 0.25) is 0 Å². The molecule has 0 radical (unpaired) electrons. The zero-order valence-electron chi connectivity index (χ0n) is 11.4. The lowest BCUT2D eigenvalue weighted by Gasteiger charge is -2.18. The molecule has 2 rings (SSSR count). The summed E-state index contributed by atoms with van der Waals surface area (Å²) >= 11 is 3.39. The van der Waals surface area contributed by atoms with E-state index in [0.29, 0.717) is 5.76 Å². The van der Waals surface area contributed by atoms with Crippen LogP contribution in [0.25, 0.3) is 0 Å². The predicted molar refractivity (Wildman–Crippen MR) is 78.0 cm³/mol. The minimum atomic E-state index is -4.32. The molecule has 1 heterocycles. The number of benzene rings is 1. The summed E-state index contributed by atoms with van der Waals surface area (Å²) in [4.78, 5) is 0. The second-order valence-corrected chi connectivity index (χ2v) is 5.49. The van der Waals surface area contributed by atoms with E-state index in [0.717, 1.165) is 35.1 Å². The number of rotatable bonds is 5. The zero-order valence-corrected chi connectivity index (χ0v) is 13.0. The van der Waals surface area contributed by atoms with Crippen molar-refractivity contribution < 1.29 is 17.6 Å². The Kier molecular flexibility index (Phi) is 5.11. The molecule has 0 bridgehead atoms. The van der Waals surface area contributed by atoms with E-state index < -0.39 is 11.7 Å². The fraction of sp³-hybridized carbons (Fsp3) is 0.333. The summed E-state index contributed by atoms with van der Waals surface area (Å²) in [7, 11) is 0. The maximum Gasteiger partial charge on any atom is 0.416 e. The van der Waals surface area contributed by atoms with Gasteiger partial charge in [-0.05, 0) is 52.7 Å². The van der Waals surface area contributed by atoms with Crippen LogP contribution in [0.4, 0.5) is 13.2 Å². The fourth-order valence-corrected chi connectivity index (χ4v) is 2.46. The highest BCUT2D eigenvalue weighted by atomic mass is 79.9. The number of nitrogens with one attached hydrogen (secondary N) is 1. The summed E-state index contributed by atoms with van der Waals surface area (Å²) in [6, 6.07) is 6.62. The molecule has 1 unspecified atom stereocenters. The third-order valence-corrected chi connectivity index (χ3v) is 3.73. The summed E-state index contributed by atoms with van der Waals surface area (Å²) in [5.41, 5.74) is 0.0751. The van der Waals surface area contributed by atoms with Gasteiger partial charge < -0.3 is 9.73 Å². The van der Waals surface area contributed by atoms with E-state index in [1.165, 1.54) is 12.1 Å². The normalized spacial score (nSPS) is 13.4. The molecule has 0 amide bonds. The van der Waals surface area contributed by atoms with Crippen LogP contribution in [0.5, 0.6) is 0 Å². The van der Waals surface area contributed by atoms with Gasteiger partial charge in [-0.15, -0.1) is 0 Å². The van der Waals surface area contributed by atoms with Gasteiger partial charge in [0.25, 0.3) is 0 Å². The van der Waals surface area contributed by atoms with Gasteiger partial charge in [0.05, 0.1) is 22.3 Å². The molecule has 0 saturated heterocycles. The Bertz CT molecular complexity index is 577. The number of hydrogen-bond acceptors (Lipinski definition) is 2. The van der Waals surface area contributed by atoms with E-state index in [1.54, 1.807) is 12.3 Å². The van der Waals surface area contributed by atoms with Gasteiger partial charge in [0, 0.05) is 0 Å². The molecule has 114 valence electrons. The lowest BCUT2D eigenvalue weighted by atomic mass is 10.0. The van der Waals surface area contributed by atoms with Gasteiger partial charge in [-0.25, -0.2) is 0 Å². The van der Waals surface area contributed by atoms with Crippen molar-refractivity contribution in [2.75, 3.05) is 6.54 Å². The van der Waals surface area contributed by atoms with Crippen molar-refractivity contribution in [3.05, 3.63) is 58.0 Å². The average Bonchev–Trinajstić information content (AvgIpc) is 2.85. The third-order valence-electron chi connectivity index (χ3n) is 3.08. The third kappa shape index (κ3) is 3.89. The molecule has 0 fully saturated rings. The number of hydrogen-bond donors (Lipinski definition) is 1. The molecule has 0 aliphatic heterocycles. The number of halogens is 4. The highest BCUT2D eigenvalue weighted by Gasteiger charge is 2.30. The van der Waals surface area contributed by atoms with Crippen molar-refractivity contribution >= 4 is 15.9 Å². The van der Waals surface area contributed by atoms with E-state index >= 15 is 0 Å². The van der Waals surface area contributed by atoms with Crippen molar-refractivity contribution in [1.82, 2.24) is 5.32 Å². The topological polar surface area (TPSA) is 25.2 Å². The van der Waals surface area contributed by atoms with E-state index in [4.69, 9.17) is 4.42 Å². The molecule has 1 aromatic heterocycles. The first-order chi connectivity index (χ1) is 9.93. The molecule has 1 atom stereocenters. The lowest BCUT2D eigenvalue weighted by molar-refractivity contribution is -0.137. The van der Waals surface area contributed by atoms with Gasteiger partial charge in [-0.1, -0.05) is 19.1 Å². The minimum absolute atomic E-state index is 0.281. The van der Waals surface area contributed by atoms with E-state index in [-0.39, 0.29) is 6.04 Å². The molecule has 21 heavy (non-hydrogen) atoms. The molecule has 2 aromatic rings. The predicted octanol–water partition coefficient (Wildman–Crippen LogP) is 5.15. The average molecular weight is 362 g/mol. The monoisotopic (exact) mass is 361 g/mol. The smallest absolute Gasteiger partial charge is 0.416 e. The van der Waals surface area contributed by atoms with E-state index in [1.807, 2.05) is 6.92 Å². The van der Waals surface area contributed by atoms with Gasteiger partial charge in [0.2, 0.25) is 0 Å². The largest absolute Gasteiger partial charge is 0.466 e. The van der Waals surface area contributed by atoms with Crippen molar-refractivity contribution in [2.45, 2.75) is 25.6 Å². The summed E-state index contributed by atoms with van der Waals surface area (Å²) in [5, 5.41) is 3.28. The SMILES string of the molecule is CCCNC(c1ccc(C(F)(F)F)cc1)c1occc1Br. The number of furan rings is 1. The molecule has 1 aromatic carbocycles. The van der Waals surface area contributed by atoms with Crippen LogP contribution in [-0.4, -0.2) is 6.54 Å². The molecule has 0 saturated carbocycles. The highest BCUT2D eigenvalue weighted by molar-refractivity contribution is 9.10. The maximum atomic E-state index is 12.6. The molecule has 0 spiro atoms. The van der Waals surface area contributed by atoms with Crippen molar-refractivity contribution in [3.63, 3.8) is 0 Å². The summed E-state index contributed by atoms with van der Waals surface area (Å²) in [5.74, 6) is 0.656. The van der Waals surface area contributed by atoms with Gasteiger partial charge in [-0.3, -0.25) is 0 Å². The van der Waals surface area contributed by atoms with Crippen molar-refractivity contribution in [1.29, 1.82) is 0 Å². The Labute approximate surface area is 129 Å². The van der Waals surface area contributed by atoms with Gasteiger partial charge in [0.1, 0.15) is 5.76 Å². The Morgan fingerprint density at radius 3 is 2.33 bits per heavy atom. The summed E-state index contributed by atoms with van der Waals surface area (Å²) < 4.78 is 44.1. The quantitative estimate of drug-likeness (QED) is 0.796. The van der Waals surface area contributed by atoms with Crippen LogP contribution in [0.3, 0.4) is 0 Å². The second-order valence-electron chi connectivity index (χ2n) is 4.64. The lowest BCUT2D eigenvalue weighted by Crippen LogP contribution is -2.23. The second kappa shape index (κ2) is 6.66. The highest BCUT2D eigenvalue weighted by Crippen LogP contribution is 2.33. The van der Waals surface area contributed by atoms with Crippen LogP contribution in [-0.2, 0) is 6.18 Å². The van der Waals surface area contributed by atoms with Gasteiger partial charge in [-0.2, -0.15) is 13.2 Å².